The van der Waals surface area contributed by atoms with E-state index in [4.69, 9.17) is 11.6 Å². The van der Waals surface area contributed by atoms with Gasteiger partial charge in [0.1, 0.15) is 0 Å². The van der Waals surface area contributed by atoms with Crippen LogP contribution in [0.2, 0.25) is 5.02 Å². The van der Waals surface area contributed by atoms with Gasteiger partial charge in [-0.15, -0.1) is 11.8 Å². The fourth-order valence-corrected chi connectivity index (χ4v) is 3.49. The highest BCUT2D eigenvalue weighted by Crippen LogP contribution is 2.20. The maximum Gasteiger partial charge on any atom is 0.230 e. The Hall–Kier alpha value is -0.750. The Labute approximate surface area is 141 Å². The molecule has 122 valence electrons. The molecule has 0 bridgehead atoms. The highest BCUT2D eigenvalue weighted by molar-refractivity contribution is 8.00. The molecule has 2 N–H and O–H groups in total. The molecule has 1 fully saturated rings. The molecule has 1 aliphatic rings. The SMILES string of the molecule is O=C(CSc1ccc(Cl)cc1)NCCN1CCCCC1CO. The number of carbonyl (C=O) groups excluding carboxylic acids is 1. The minimum Gasteiger partial charge on any atom is -0.395 e. The third-order valence-electron chi connectivity index (χ3n) is 3.86. The molecule has 1 aliphatic heterocycles. The van der Waals surface area contributed by atoms with Crippen LogP contribution >= 0.6 is 23.4 Å². The molecule has 4 nitrogen and oxygen atoms in total. The molecule has 0 aliphatic carbocycles. The van der Waals surface area contributed by atoms with Crippen molar-refractivity contribution in [2.75, 3.05) is 32.0 Å². The van der Waals surface area contributed by atoms with Gasteiger partial charge in [0.2, 0.25) is 5.91 Å². The van der Waals surface area contributed by atoms with E-state index >= 15 is 0 Å². The predicted molar refractivity (Wildman–Crippen MR) is 91.5 cm³/mol. The number of hydrogen-bond donors (Lipinski definition) is 2. The molecule has 0 saturated carbocycles. The van der Waals surface area contributed by atoms with Crippen LogP contribution in [0.15, 0.2) is 29.2 Å². The van der Waals surface area contributed by atoms with Crippen LogP contribution in [0.4, 0.5) is 0 Å². The lowest BCUT2D eigenvalue weighted by molar-refractivity contribution is -0.118. The van der Waals surface area contributed by atoms with Gasteiger partial charge in [0.15, 0.2) is 0 Å². The molecule has 1 aromatic rings. The van der Waals surface area contributed by atoms with E-state index in [1.165, 1.54) is 24.6 Å². The molecule has 0 spiro atoms. The van der Waals surface area contributed by atoms with Crippen LogP contribution in [-0.2, 0) is 4.79 Å². The molecule has 1 saturated heterocycles. The maximum atomic E-state index is 11.9. The molecule has 6 heteroatoms. The highest BCUT2D eigenvalue weighted by Gasteiger charge is 2.20. The van der Waals surface area contributed by atoms with Crippen molar-refractivity contribution in [3.63, 3.8) is 0 Å². The molecule has 1 unspecified atom stereocenters. The summed E-state index contributed by atoms with van der Waals surface area (Å²) in [5.74, 6) is 0.447. The Kier molecular flexibility index (Phi) is 7.52. The zero-order chi connectivity index (χ0) is 15.8. The van der Waals surface area contributed by atoms with Gasteiger partial charge in [0.05, 0.1) is 12.4 Å². The quantitative estimate of drug-likeness (QED) is 0.747. The van der Waals surface area contributed by atoms with Crippen molar-refractivity contribution >= 4 is 29.3 Å². The number of likely N-dealkylation sites (tertiary alicyclic amines) is 1. The largest absolute Gasteiger partial charge is 0.395 e. The van der Waals surface area contributed by atoms with Gasteiger partial charge in [-0.1, -0.05) is 18.0 Å². The lowest BCUT2D eigenvalue weighted by Crippen LogP contribution is -2.45. The van der Waals surface area contributed by atoms with Gasteiger partial charge in [-0.25, -0.2) is 0 Å². The van der Waals surface area contributed by atoms with Crippen LogP contribution in [0.5, 0.6) is 0 Å². The summed E-state index contributed by atoms with van der Waals surface area (Å²) < 4.78 is 0. The molecule has 2 rings (SSSR count). The van der Waals surface area contributed by atoms with Crippen molar-refractivity contribution < 1.29 is 9.90 Å². The summed E-state index contributed by atoms with van der Waals surface area (Å²) in [4.78, 5) is 15.2. The summed E-state index contributed by atoms with van der Waals surface area (Å²) in [6, 6.07) is 7.74. The van der Waals surface area contributed by atoms with Crippen LogP contribution in [0.25, 0.3) is 0 Å². The molecular formula is C16H23ClN2O2S. The first-order valence-electron chi connectivity index (χ1n) is 7.69. The van der Waals surface area contributed by atoms with E-state index < -0.39 is 0 Å². The molecule has 1 aromatic carbocycles. The van der Waals surface area contributed by atoms with Gasteiger partial charge in [-0.2, -0.15) is 0 Å². The number of aliphatic hydroxyl groups excluding tert-OH is 1. The average molecular weight is 343 g/mol. The molecule has 1 heterocycles. The molecule has 1 amide bonds. The predicted octanol–water partition coefficient (Wildman–Crippen LogP) is 2.40. The second-order valence-electron chi connectivity index (χ2n) is 5.46. The first-order chi connectivity index (χ1) is 10.7. The van der Waals surface area contributed by atoms with Gasteiger partial charge in [0.25, 0.3) is 0 Å². The lowest BCUT2D eigenvalue weighted by Gasteiger charge is -2.34. The van der Waals surface area contributed by atoms with Gasteiger partial charge >= 0.3 is 0 Å². The number of thioether (sulfide) groups is 1. The van der Waals surface area contributed by atoms with E-state index in [9.17, 15) is 9.90 Å². The van der Waals surface area contributed by atoms with Crippen LogP contribution < -0.4 is 5.32 Å². The number of aliphatic hydroxyl groups is 1. The van der Waals surface area contributed by atoms with Gasteiger partial charge in [-0.3, -0.25) is 9.69 Å². The summed E-state index contributed by atoms with van der Waals surface area (Å²) >= 11 is 7.33. The number of amides is 1. The second kappa shape index (κ2) is 9.40. The van der Waals surface area contributed by atoms with Crippen LogP contribution in [0.1, 0.15) is 19.3 Å². The van der Waals surface area contributed by atoms with Crippen molar-refractivity contribution in [1.82, 2.24) is 10.2 Å². The smallest absolute Gasteiger partial charge is 0.230 e. The van der Waals surface area contributed by atoms with Gasteiger partial charge in [0, 0.05) is 29.0 Å². The molecule has 22 heavy (non-hydrogen) atoms. The van der Waals surface area contributed by atoms with E-state index in [-0.39, 0.29) is 18.6 Å². The summed E-state index contributed by atoms with van der Waals surface area (Å²) in [5, 5.41) is 13.0. The summed E-state index contributed by atoms with van der Waals surface area (Å²) in [7, 11) is 0. The minimum atomic E-state index is 0.0394. The first-order valence-corrected chi connectivity index (χ1v) is 9.05. The van der Waals surface area contributed by atoms with Crippen LogP contribution in [0, 0.1) is 0 Å². The standard InChI is InChI=1S/C16H23ClN2O2S/c17-13-4-6-15(7-5-13)22-12-16(21)18-8-10-19-9-2-1-3-14(19)11-20/h4-7,14,20H,1-3,8-12H2,(H,18,21). The first kappa shape index (κ1) is 17.6. The Morgan fingerprint density at radius 1 is 1.36 bits per heavy atom. The number of hydrogen-bond acceptors (Lipinski definition) is 4. The maximum absolute atomic E-state index is 11.9. The summed E-state index contributed by atoms with van der Waals surface area (Å²) in [6.45, 7) is 2.67. The second-order valence-corrected chi connectivity index (χ2v) is 6.95. The van der Waals surface area contributed by atoms with Crippen molar-refractivity contribution in [2.45, 2.75) is 30.2 Å². The van der Waals surface area contributed by atoms with E-state index in [2.05, 4.69) is 10.2 Å². The normalized spacial score (nSPS) is 19.1. The van der Waals surface area contributed by atoms with E-state index in [0.717, 1.165) is 24.4 Å². The van der Waals surface area contributed by atoms with E-state index in [1.807, 2.05) is 24.3 Å². The minimum absolute atomic E-state index is 0.0394. The zero-order valence-electron chi connectivity index (χ0n) is 12.6. The average Bonchev–Trinajstić information content (AvgIpc) is 2.55. The Balaban J connectivity index is 1.64. The highest BCUT2D eigenvalue weighted by atomic mass is 35.5. The number of nitrogens with one attached hydrogen (secondary N) is 1. The molecule has 1 atom stereocenters. The van der Waals surface area contributed by atoms with Gasteiger partial charge in [-0.05, 0) is 43.7 Å². The van der Waals surface area contributed by atoms with Crippen LogP contribution in [-0.4, -0.2) is 53.9 Å². The van der Waals surface area contributed by atoms with Crippen molar-refractivity contribution in [3.8, 4) is 0 Å². The molecule has 0 radical (unpaired) electrons. The number of halogens is 1. The van der Waals surface area contributed by atoms with Crippen molar-refractivity contribution in [2.24, 2.45) is 0 Å². The third-order valence-corrected chi connectivity index (χ3v) is 5.13. The third kappa shape index (κ3) is 5.80. The Bertz CT molecular complexity index is 470. The van der Waals surface area contributed by atoms with Crippen molar-refractivity contribution in [3.05, 3.63) is 29.3 Å². The number of piperidine rings is 1. The zero-order valence-corrected chi connectivity index (χ0v) is 14.2. The monoisotopic (exact) mass is 342 g/mol. The Morgan fingerprint density at radius 2 is 2.14 bits per heavy atom. The lowest BCUT2D eigenvalue weighted by atomic mass is 10.0. The Morgan fingerprint density at radius 3 is 2.86 bits per heavy atom. The van der Waals surface area contributed by atoms with E-state index in [0.29, 0.717) is 17.3 Å². The number of rotatable bonds is 7. The summed E-state index contributed by atoms with van der Waals surface area (Å²) in [6.07, 6.45) is 3.42. The van der Waals surface area contributed by atoms with Crippen LogP contribution in [0.3, 0.4) is 0 Å². The fourth-order valence-electron chi connectivity index (χ4n) is 2.63. The number of carbonyl (C=O) groups is 1. The fraction of sp³-hybridized carbons (Fsp3) is 0.562. The summed E-state index contributed by atoms with van der Waals surface area (Å²) in [5.41, 5.74) is 0. The van der Waals surface area contributed by atoms with E-state index in [1.54, 1.807) is 0 Å². The molecule has 0 aromatic heterocycles. The number of benzene rings is 1. The van der Waals surface area contributed by atoms with Gasteiger partial charge < -0.3 is 10.4 Å². The molecular weight excluding hydrogens is 320 g/mol. The van der Waals surface area contributed by atoms with Crippen molar-refractivity contribution in [1.29, 1.82) is 0 Å². The number of nitrogens with zero attached hydrogens (tertiary/aromatic N) is 1. The topological polar surface area (TPSA) is 52.6 Å².